The van der Waals surface area contributed by atoms with Crippen LogP contribution in [0.4, 0.5) is 0 Å². The van der Waals surface area contributed by atoms with Crippen LogP contribution in [0.3, 0.4) is 0 Å². The van der Waals surface area contributed by atoms with Crippen molar-refractivity contribution in [3.05, 3.63) is 46.5 Å². The first-order valence-electron chi connectivity index (χ1n) is 10.7. The van der Waals surface area contributed by atoms with Crippen molar-refractivity contribution in [2.75, 3.05) is 26.2 Å². The topological polar surface area (TPSA) is 72.3 Å². The van der Waals surface area contributed by atoms with Gasteiger partial charge >= 0.3 is 0 Å². The molecule has 0 bridgehead atoms. The summed E-state index contributed by atoms with van der Waals surface area (Å²) in [7, 11) is 0. The standard InChI is InChI=1S/C22H31N5O2/c1-16-12-17(2)14-18(13-16)15-26-8-6-21-25-24-20(27(21)10-9-26)5-7-23-22(28)19-4-3-11-29-19/h12-14,19H,3-11,15H2,1-2H3,(H,23,28)/t19-/m1/s1. The minimum Gasteiger partial charge on any atom is -0.368 e. The van der Waals surface area contributed by atoms with Crippen molar-refractivity contribution in [2.45, 2.75) is 58.7 Å². The molecule has 0 spiro atoms. The fraction of sp³-hybridized carbons (Fsp3) is 0.591. The Bertz CT molecular complexity index is 837. The van der Waals surface area contributed by atoms with Crippen molar-refractivity contribution in [1.29, 1.82) is 0 Å². The van der Waals surface area contributed by atoms with E-state index in [0.29, 0.717) is 19.6 Å². The van der Waals surface area contributed by atoms with Crippen LogP contribution in [-0.4, -0.2) is 57.9 Å². The van der Waals surface area contributed by atoms with E-state index >= 15 is 0 Å². The highest BCUT2D eigenvalue weighted by atomic mass is 16.5. The Morgan fingerprint density at radius 2 is 2.00 bits per heavy atom. The molecule has 7 heteroatoms. The van der Waals surface area contributed by atoms with Crippen molar-refractivity contribution in [1.82, 2.24) is 25.0 Å². The average molecular weight is 398 g/mol. The van der Waals surface area contributed by atoms with Gasteiger partial charge in [0.15, 0.2) is 0 Å². The molecule has 1 N–H and O–H groups in total. The number of rotatable bonds is 6. The first-order valence-corrected chi connectivity index (χ1v) is 10.7. The molecule has 1 aromatic heterocycles. The van der Waals surface area contributed by atoms with Gasteiger partial charge in [-0.3, -0.25) is 9.69 Å². The number of fused-ring (bicyclic) bond motifs is 1. The van der Waals surface area contributed by atoms with Gasteiger partial charge < -0.3 is 14.6 Å². The van der Waals surface area contributed by atoms with E-state index in [1.807, 2.05) is 0 Å². The highest BCUT2D eigenvalue weighted by molar-refractivity contribution is 5.80. The molecule has 1 fully saturated rings. The van der Waals surface area contributed by atoms with Crippen molar-refractivity contribution in [3.8, 4) is 0 Å². The number of carbonyl (C=O) groups excluding carboxylic acids is 1. The largest absolute Gasteiger partial charge is 0.368 e. The van der Waals surface area contributed by atoms with E-state index in [-0.39, 0.29) is 12.0 Å². The summed E-state index contributed by atoms with van der Waals surface area (Å²) in [6.07, 6.45) is 3.11. The second-order valence-corrected chi connectivity index (χ2v) is 8.25. The van der Waals surface area contributed by atoms with E-state index in [0.717, 1.165) is 57.1 Å². The summed E-state index contributed by atoms with van der Waals surface area (Å²) < 4.78 is 7.67. The Labute approximate surface area is 172 Å². The van der Waals surface area contributed by atoms with Gasteiger partial charge in [0.05, 0.1) is 0 Å². The maximum atomic E-state index is 12.1. The second kappa shape index (κ2) is 9.05. The molecule has 0 radical (unpaired) electrons. The van der Waals surface area contributed by atoms with Crippen molar-refractivity contribution in [3.63, 3.8) is 0 Å². The molecule has 0 aliphatic carbocycles. The van der Waals surface area contributed by atoms with Gasteiger partial charge in [0, 0.05) is 52.2 Å². The van der Waals surface area contributed by atoms with Gasteiger partial charge in [-0.1, -0.05) is 29.3 Å². The maximum absolute atomic E-state index is 12.1. The molecule has 1 saturated heterocycles. The third-order valence-electron chi connectivity index (χ3n) is 5.75. The molecule has 29 heavy (non-hydrogen) atoms. The SMILES string of the molecule is Cc1cc(C)cc(CN2CCc3nnc(CCNC(=O)[C@H]4CCCO4)n3CC2)c1. The van der Waals surface area contributed by atoms with E-state index in [1.165, 1.54) is 16.7 Å². The summed E-state index contributed by atoms with van der Waals surface area (Å²) in [6.45, 7) is 9.40. The molecular formula is C22H31N5O2. The van der Waals surface area contributed by atoms with E-state index in [9.17, 15) is 4.79 Å². The molecule has 2 aromatic rings. The number of ether oxygens (including phenoxy) is 1. The van der Waals surface area contributed by atoms with Gasteiger partial charge in [-0.2, -0.15) is 0 Å². The van der Waals surface area contributed by atoms with E-state index in [1.54, 1.807) is 0 Å². The molecule has 2 aliphatic heterocycles. The molecule has 0 saturated carbocycles. The first-order chi connectivity index (χ1) is 14.1. The van der Waals surface area contributed by atoms with E-state index in [2.05, 4.69) is 57.0 Å². The predicted octanol–water partition coefficient (Wildman–Crippen LogP) is 1.79. The van der Waals surface area contributed by atoms with Crippen LogP contribution in [-0.2, 0) is 35.5 Å². The van der Waals surface area contributed by atoms with Crippen LogP contribution >= 0.6 is 0 Å². The normalized spacial score (nSPS) is 19.7. The van der Waals surface area contributed by atoms with Crippen LogP contribution < -0.4 is 5.32 Å². The molecule has 156 valence electrons. The molecule has 1 atom stereocenters. The highest BCUT2D eigenvalue weighted by Crippen LogP contribution is 2.15. The number of benzene rings is 1. The number of aromatic nitrogens is 3. The van der Waals surface area contributed by atoms with Gasteiger partial charge in [0.25, 0.3) is 0 Å². The first kappa shape index (κ1) is 20.0. The fourth-order valence-electron chi connectivity index (χ4n) is 4.38. The number of amides is 1. The zero-order valence-electron chi connectivity index (χ0n) is 17.5. The lowest BCUT2D eigenvalue weighted by atomic mass is 10.1. The molecule has 7 nitrogen and oxygen atoms in total. The number of nitrogens with one attached hydrogen (secondary N) is 1. The number of carbonyl (C=O) groups is 1. The molecule has 4 rings (SSSR count). The van der Waals surface area contributed by atoms with Crippen LogP contribution in [0, 0.1) is 13.8 Å². The zero-order chi connectivity index (χ0) is 20.2. The van der Waals surface area contributed by atoms with Gasteiger partial charge in [-0.15, -0.1) is 10.2 Å². The van der Waals surface area contributed by atoms with Gasteiger partial charge in [0.1, 0.15) is 17.8 Å². The second-order valence-electron chi connectivity index (χ2n) is 8.25. The number of nitrogens with zero attached hydrogens (tertiary/aromatic N) is 4. The van der Waals surface area contributed by atoms with Crippen molar-refractivity contribution in [2.24, 2.45) is 0 Å². The van der Waals surface area contributed by atoms with Crippen LogP contribution in [0.5, 0.6) is 0 Å². The molecule has 1 aromatic carbocycles. The van der Waals surface area contributed by atoms with Crippen molar-refractivity contribution < 1.29 is 9.53 Å². The maximum Gasteiger partial charge on any atom is 0.249 e. The average Bonchev–Trinajstić information content (AvgIpc) is 3.29. The van der Waals surface area contributed by atoms with Gasteiger partial charge in [-0.05, 0) is 32.3 Å². The minimum atomic E-state index is -0.274. The number of hydrogen-bond acceptors (Lipinski definition) is 5. The third-order valence-corrected chi connectivity index (χ3v) is 5.75. The highest BCUT2D eigenvalue weighted by Gasteiger charge is 2.23. The fourth-order valence-corrected chi connectivity index (χ4v) is 4.38. The predicted molar refractivity (Wildman–Crippen MR) is 111 cm³/mol. The molecular weight excluding hydrogens is 366 g/mol. The van der Waals surface area contributed by atoms with Crippen molar-refractivity contribution >= 4 is 5.91 Å². The van der Waals surface area contributed by atoms with Crippen LogP contribution in [0.15, 0.2) is 18.2 Å². The summed E-state index contributed by atoms with van der Waals surface area (Å²) >= 11 is 0. The molecule has 2 aliphatic rings. The minimum absolute atomic E-state index is 0.00210. The van der Waals surface area contributed by atoms with E-state index < -0.39 is 0 Å². The lowest BCUT2D eigenvalue weighted by molar-refractivity contribution is -0.130. The summed E-state index contributed by atoms with van der Waals surface area (Å²) in [5, 5.41) is 11.8. The lowest BCUT2D eigenvalue weighted by Crippen LogP contribution is -2.35. The monoisotopic (exact) mass is 397 g/mol. The lowest BCUT2D eigenvalue weighted by Gasteiger charge is -2.20. The Balaban J connectivity index is 1.31. The number of aryl methyl sites for hydroxylation is 2. The summed E-state index contributed by atoms with van der Waals surface area (Å²) in [5.41, 5.74) is 4.01. The third kappa shape index (κ3) is 5.03. The molecule has 0 unspecified atom stereocenters. The van der Waals surface area contributed by atoms with Crippen LogP contribution in [0.1, 0.15) is 41.2 Å². The van der Waals surface area contributed by atoms with Crippen LogP contribution in [0.2, 0.25) is 0 Å². The summed E-state index contributed by atoms with van der Waals surface area (Å²) in [5.74, 6) is 2.01. The van der Waals surface area contributed by atoms with Crippen LogP contribution in [0.25, 0.3) is 0 Å². The van der Waals surface area contributed by atoms with E-state index in [4.69, 9.17) is 4.74 Å². The van der Waals surface area contributed by atoms with Gasteiger partial charge in [0.2, 0.25) is 5.91 Å². The smallest absolute Gasteiger partial charge is 0.249 e. The number of hydrogen-bond donors (Lipinski definition) is 1. The Hall–Kier alpha value is -2.25. The van der Waals surface area contributed by atoms with Gasteiger partial charge in [-0.25, -0.2) is 0 Å². The molecule has 1 amide bonds. The molecule has 3 heterocycles. The summed E-state index contributed by atoms with van der Waals surface area (Å²) in [4.78, 5) is 14.6. The Morgan fingerprint density at radius 3 is 2.76 bits per heavy atom. The quantitative estimate of drug-likeness (QED) is 0.805. The Morgan fingerprint density at radius 1 is 1.17 bits per heavy atom. The Kier molecular flexibility index (Phi) is 6.25. The summed E-state index contributed by atoms with van der Waals surface area (Å²) in [6, 6.07) is 6.78. The zero-order valence-corrected chi connectivity index (χ0v) is 17.5.